The van der Waals surface area contributed by atoms with Gasteiger partial charge in [-0.15, -0.1) is 68.0 Å². The number of carbonyl (C=O) groups excluding carboxylic acids is 2. The number of amides is 2. The maximum absolute atomic E-state index is 16.4. The van der Waals surface area contributed by atoms with E-state index in [0.717, 1.165) is 46.8 Å². The van der Waals surface area contributed by atoms with E-state index in [1.54, 1.807) is 32.2 Å². The van der Waals surface area contributed by atoms with Crippen LogP contribution >= 0.6 is 68.0 Å². The fraction of sp³-hybridized carbons (Fsp3) is 0.655. The Balaban J connectivity index is 1.12. The first-order valence-corrected chi connectivity index (χ1v) is 44.7. The second-order valence-electron chi connectivity index (χ2n) is 31.8. The number of nitrogens with zero attached hydrogens (tertiary/aromatic N) is 2. The summed E-state index contributed by atoms with van der Waals surface area (Å²) in [5, 5.41) is 0. The van der Waals surface area contributed by atoms with E-state index in [1.165, 1.54) is 257 Å². The highest BCUT2D eigenvalue weighted by Crippen LogP contribution is 2.62. The Bertz CT molecular complexity index is 3420. The molecule has 2 amide bonds. The summed E-state index contributed by atoms with van der Waals surface area (Å²) in [6.45, 7) is 29.4. The van der Waals surface area contributed by atoms with Gasteiger partial charge in [-0.25, -0.2) is 0 Å². The highest BCUT2D eigenvalue weighted by atomic mass is 32.1. The molecule has 0 saturated heterocycles. The van der Waals surface area contributed by atoms with Crippen molar-refractivity contribution in [2.75, 3.05) is 13.1 Å². The molecule has 0 aromatic carbocycles. The third kappa shape index (κ3) is 20.1. The minimum atomic E-state index is 0.0422. The first-order chi connectivity index (χ1) is 47.0. The van der Waals surface area contributed by atoms with Crippen LogP contribution in [0.3, 0.4) is 0 Å². The van der Waals surface area contributed by atoms with Crippen molar-refractivity contribution >= 4 is 91.2 Å². The summed E-state index contributed by atoms with van der Waals surface area (Å²) >= 11 is 11.6. The predicted octanol–water partition coefficient (Wildman–Crippen LogP) is 29.9. The van der Waals surface area contributed by atoms with Crippen LogP contribution < -0.4 is 0 Å². The fourth-order valence-corrected chi connectivity index (χ4v) is 23.0. The van der Waals surface area contributed by atoms with Crippen LogP contribution in [0.2, 0.25) is 0 Å². The smallest absolute Gasteiger partial charge is 0.261 e. The van der Waals surface area contributed by atoms with E-state index >= 15 is 9.59 Å². The first-order valence-electron chi connectivity index (χ1n) is 39.8. The second kappa shape index (κ2) is 38.2. The number of hydrogen-bond acceptors (Lipinski definition) is 8. The van der Waals surface area contributed by atoms with E-state index in [2.05, 4.69) is 176 Å². The monoisotopic (exact) mass is 1420 g/mol. The van der Waals surface area contributed by atoms with E-state index in [1.807, 2.05) is 34.0 Å². The maximum atomic E-state index is 16.4. The molecule has 0 bridgehead atoms. The summed E-state index contributed by atoms with van der Waals surface area (Å²) in [5.41, 5.74) is 6.57. The van der Waals surface area contributed by atoms with Crippen molar-refractivity contribution in [1.82, 2.24) is 9.80 Å². The van der Waals surface area contributed by atoms with Crippen LogP contribution in [0.4, 0.5) is 0 Å². The lowest BCUT2D eigenvalue weighted by Gasteiger charge is -2.32. The van der Waals surface area contributed by atoms with Gasteiger partial charge in [-0.2, -0.15) is 0 Å². The average Bonchev–Trinajstić information content (AvgIpc) is 1.56. The number of fused-ring (bicyclic) bond motifs is 4. The normalized spacial score (nSPS) is 15.3. The summed E-state index contributed by atoms with van der Waals surface area (Å²) in [5.74, 6) is 0.808. The molecule has 2 unspecified atom stereocenters. The van der Waals surface area contributed by atoms with E-state index in [9.17, 15) is 0 Å². The van der Waals surface area contributed by atoms with Crippen molar-refractivity contribution in [3.63, 3.8) is 0 Å². The molecule has 0 N–H and O–H groups in total. The van der Waals surface area contributed by atoms with Gasteiger partial charge in [-0.05, 0) is 133 Å². The highest BCUT2D eigenvalue weighted by molar-refractivity contribution is 7.29. The maximum Gasteiger partial charge on any atom is 0.261 e. The third-order valence-electron chi connectivity index (χ3n) is 21.6. The first kappa shape index (κ1) is 77.8. The summed E-state index contributed by atoms with van der Waals surface area (Å²) in [7, 11) is 0. The van der Waals surface area contributed by atoms with Crippen molar-refractivity contribution in [3.8, 4) is 39.0 Å². The summed E-state index contributed by atoms with van der Waals surface area (Å²) in [6.07, 6.45) is 47.7. The van der Waals surface area contributed by atoms with Gasteiger partial charge in [0.2, 0.25) is 0 Å². The van der Waals surface area contributed by atoms with Crippen LogP contribution in [0.15, 0.2) is 71.8 Å². The molecule has 8 heterocycles. The molecule has 6 aromatic heterocycles. The van der Waals surface area contributed by atoms with Gasteiger partial charge in [0.1, 0.15) is 0 Å². The van der Waals surface area contributed by atoms with Crippen LogP contribution in [0.5, 0.6) is 0 Å². The predicted molar refractivity (Wildman–Crippen MR) is 434 cm³/mol. The molecule has 2 atom stereocenters. The van der Waals surface area contributed by atoms with Gasteiger partial charge in [-0.1, -0.05) is 289 Å². The Hall–Kier alpha value is -3.38. The zero-order valence-corrected chi connectivity index (χ0v) is 67.8. The molecule has 534 valence electrons. The SMILES string of the molecule is CCCCCCCCC(CCCCCC)CN1C(=O)C2=C(c3ccc(-c4ccc(C(C)(C)C)s4)s3)N(CC(CCCCCC)CCCCCCCC)C(=O)C2=C1c1ccc(-c2ccc(-c3cc4c(s3)-c3sc(C(C)(C)C)cc3C4(CCCCCCCC)CCCCCCCC)s2)s1. The van der Waals surface area contributed by atoms with Crippen molar-refractivity contribution in [1.29, 1.82) is 0 Å². The van der Waals surface area contributed by atoms with Crippen molar-refractivity contribution < 1.29 is 9.59 Å². The topological polar surface area (TPSA) is 40.6 Å². The average molecular weight is 1430 g/mol. The Morgan fingerprint density at radius 1 is 0.330 bits per heavy atom. The van der Waals surface area contributed by atoms with Crippen LogP contribution in [0.1, 0.15) is 358 Å². The van der Waals surface area contributed by atoms with Gasteiger partial charge in [0.05, 0.1) is 32.3 Å². The van der Waals surface area contributed by atoms with Gasteiger partial charge in [0.15, 0.2) is 0 Å². The molecule has 0 spiro atoms. The molecule has 3 aliphatic rings. The van der Waals surface area contributed by atoms with Crippen molar-refractivity contribution in [3.05, 3.63) is 102 Å². The largest absolute Gasteiger partial charge is 0.306 e. The molecule has 9 rings (SSSR count). The Morgan fingerprint density at radius 2 is 0.639 bits per heavy atom. The molecule has 0 fully saturated rings. The molecule has 4 nitrogen and oxygen atoms in total. The number of unbranched alkanes of at least 4 members (excludes halogenated alkanes) is 26. The van der Waals surface area contributed by atoms with Crippen molar-refractivity contribution in [2.24, 2.45) is 11.8 Å². The molecule has 10 heteroatoms. The lowest BCUT2D eigenvalue weighted by atomic mass is 9.71. The molecule has 1 aliphatic carbocycles. The van der Waals surface area contributed by atoms with Gasteiger partial charge in [-0.3, -0.25) is 9.59 Å². The molecule has 0 saturated carbocycles. The van der Waals surface area contributed by atoms with Crippen LogP contribution in [0.25, 0.3) is 50.4 Å². The van der Waals surface area contributed by atoms with E-state index < -0.39 is 0 Å². The Morgan fingerprint density at radius 3 is 1.03 bits per heavy atom. The number of hydrogen-bond donors (Lipinski definition) is 0. The molecule has 6 aromatic rings. The second-order valence-corrected chi connectivity index (χ2v) is 38.2. The minimum Gasteiger partial charge on any atom is -0.306 e. The molecule has 97 heavy (non-hydrogen) atoms. The number of thiophene rings is 6. The van der Waals surface area contributed by atoms with Gasteiger partial charge in [0.25, 0.3) is 11.8 Å². The molecule has 0 radical (unpaired) electrons. The van der Waals surface area contributed by atoms with Crippen molar-refractivity contribution in [2.45, 2.75) is 343 Å². The van der Waals surface area contributed by atoms with Crippen LogP contribution in [-0.4, -0.2) is 34.7 Å². The molecule has 2 aliphatic heterocycles. The van der Waals surface area contributed by atoms with Gasteiger partial charge >= 0.3 is 0 Å². The number of rotatable bonds is 47. The Kier molecular flexibility index (Phi) is 30.6. The van der Waals surface area contributed by atoms with E-state index in [4.69, 9.17) is 0 Å². The van der Waals surface area contributed by atoms with Gasteiger partial charge in [0, 0.05) is 67.3 Å². The lowest BCUT2D eigenvalue weighted by Crippen LogP contribution is -2.34. The Labute approximate surface area is 615 Å². The minimum absolute atomic E-state index is 0.0422. The molecular weight excluding hydrogens is 1300 g/mol. The number of carbonyl (C=O) groups is 2. The zero-order chi connectivity index (χ0) is 69.0. The van der Waals surface area contributed by atoms with Crippen LogP contribution in [-0.2, 0) is 25.8 Å². The summed E-state index contributed by atoms with van der Waals surface area (Å²) in [6, 6.07) is 23.8. The summed E-state index contributed by atoms with van der Waals surface area (Å²) < 4.78 is 0. The summed E-state index contributed by atoms with van der Waals surface area (Å²) in [4.78, 5) is 52.9. The highest BCUT2D eigenvalue weighted by Gasteiger charge is 2.51. The van der Waals surface area contributed by atoms with E-state index in [0.29, 0.717) is 36.1 Å². The standard InChI is InChI=1S/C87H128N2O2S6/c1-13-19-25-31-35-41-47-63(45-39-29-23-17-5)61-88-79(77-78(84(88)91)80(73-54-52-69(94-73)70-55-56-75(95-70)85(7,8)9)89(83(77)90)62-64(46-40-30-24-18-6)48-42-36-32-26-20-14-2)72-53-51-68(93-72)67-49-50-71(92-67)74-59-65-81(96-74)82-66(60-76(97-82)86(10,11)12)87(65,57-43-37-33-27-21-15-3)58-44-38-34-28-22-16-4/h49-56,59-60,63-64H,13-48,57-58,61-62H2,1-12H3. The third-order valence-corrected chi connectivity index (χ3v) is 29.9. The van der Waals surface area contributed by atoms with Gasteiger partial charge < -0.3 is 9.80 Å². The molecular formula is C87H128N2O2S6. The fourth-order valence-electron chi connectivity index (χ4n) is 15.8. The quantitative estimate of drug-likeness (QED) is 0.0357. The lowest BCUT2D eigenvalue weighted by molar-refractivity contribution is -0.124. The zero-order valence-electron chi connectivity index (χ0n) is 62.9. The van der Waals surface area contributed by atoms with Crippen LogP contribution in [0, 0.1) is 11.8 Å². The van der Waals surface area contributed by atoms with E-state index in [-0.39, 0.29) is 28.1 Å².